The fraction of sp³-hybridized carbons (Fsp3) is 0.429. The van der Waals surface area contributed by atoms with Gasteiger partial charge in [-0.25, -0.2) is 4.79 Å². The van der Waals surface area contributed by atoms with Gasteiger partial charge in [-0.1, -0.05) is 20.8 Å². The molecule has 0 aromatic heterocycles. The Kier molecular flexibility index (Phi) is 5.42. The fourth-order valence-electron chi connectivity index (χ4n) is 1.39. The molecule has 0 radical (unpaired) electrons. The van der Waals surface area contributed by atoms with Gasteiger partial charge in [0.1, 0.15) is 0 Å². The van der Waals surface area contributed by atoms with Crippen molar-refractivity contribution >= 4 is 23.6 Å². The maximum Gasteiger partial charge on any atom is 0.335 e. The number of hydrogen-bond donors (Lipinski definition) is 2. The Hall–Kier alpha value is -1.49. The first kappa shape index (κ1) is 15.6. The second kappa shape index (κ2) is 6.61. The molecule has 0 atom stereocenters. The van der Waals surface area contributed by atoms with Crippen molar-refractivity contribution < 1.29 is 14.7 Å². The molecule has 1 rings (SSSR count). The highest BCUT2D eigenvalue weighted by Crippen LogP contribution is 2.22. The third kappa shape index (κ3) is 5.79. The van der Waals surface area contributed by atoms with Crippen LogP contribution in [0.25, 0.3) is 0 Å². The van der Waals surface area contributed by atoms with E-state index in [1.54, 1.807) is 11.8 Å². The Morgan fingerprint density at radius 3 is 2.16 bits per heavy atom. The third-order valence-electron chi connectivity index (χ3n) is 2.32. The largest absolute Gasteiger partial charge is 0.478 e. The van der Waals surface area contributed by atoms with Crippen LogP contribution in [0.1, 0.15) is 41.5 Å². The Balaban J connectivity index is 2.43. The van der Waals surface area contributed by atoms with Crippen molar-refractivity contribution in [2.75, 3.05) is 12.3 Å². The standard InChI is InChI=1S/C14H19NO3S/c1-14(2,3)19-9-8-15-12(16)10-4-6-11(7-5-10)13(17)18/h4-7H,8-9H2,1-3H3,(H,15,16)(H,17,18). The number of carbonyl (C=O) groups is 2. The lowest BCUT2D eigenvalue weighted by Gasteiger charge is -2.17. The van der Waals surface area contributed by atoms with E-state index >= 15 is 0 Å². The Morgan fingerprint density at radius 1 is 1.16 bits per heavy atom. The molecule has 4 nitrogen and oxygen atoms in total. The quantitative estimate of drug-likeness (QED) is 0.814. The molecule has 0 aliphatic rings. The molecule has 0 saturated heterocycles. The van der Waals surface area contributed by atoms with Gasteiger partial charge in [-0.15, -0.1) is 0 Å². The second-order valence-electron chi connectivity index (χ2n) is 5.10. The first-order valence-electron chi connectivity index (χ1n) is 6.05. The third-order valence-corrected chi connectivity index (χ3v) is 3.59. The predicted molar refractivity (Wildman–Crippen MR) is 77.9 cm³/mol. The number of hydrogen-bond acceptors (Lipinski definition) is 3. The van der Waals surface area contributed by atoms with Crippen molar-refractivity contribution in [1.29, 1.82) is 0 Å². The summed E-state index contributed by atoms with van der Waals surface area (Å²) in [5.74, 6) is -0.317. The summed E-state index contributed by atoms with van der Waals surface area (Å²) in [6.07, 6.45) is 0. The first-order chi connectivity index (χ1) is 8.79. The van der Waals surface area contributed by atoms with Gasteiger partial charge in [0.2, 0.25) is 0 Å². The van der Waals surface area contributed by atoms with Gasteiger partial charge in [0.15, 0.2) is 0 Å². The number of carboxylic acids is 1. The van der Waals surface area contributed by atoms with Crippen LogP contribution in [0.4, 0.5) is 0 Å². The minimum atomic E-state index is -0.992. The predicted octanol–water partition coefficient (Wildman–Crippen LogP) is 2.65. The van der Waals surface area contributed by atoms with Crippen LogP contribution in [-0.2, 0) is 0 Å². The normalized spacial score (nSPS) is 11.1. The molecule has 0 saturated carbocycles. The maximum absolute atomic E-state index is 11.8. The molecule has 0 heterocycles. The van der Waals surface area contributed by atoms with Crippen molar-refractivity contribution in [3.8, 4) is 0 Å². The molecule has 0 spiro atoms. The average Bonchev–Trinajstić information content (AvgIpc) is 2.33. The first-order valence-corrected chi connectivity index (χ1v) is 7.04. The summed E-state index contributed by atoms with van der Waals surface area (Å²) in [6, 6.07) is 5.91. The Labute approximate surface area is 117 Å². The van der Waals surface area contributed by atoms with Gasteiger partial charge < -0.3 is 10.4 Å². The number of benzene rings is 1. The molecule has 5 heteroatoms. The summed E-state index contributed by atoms with van der Waals surface area (Å²) in [5, 5.41) is 11.6. The summed E-state index contributed by atoms with van der Waals surface area (Å²) < 4.78 is 0.188. The van der Waals surface area contributed by atoms with E-state index in [0.29, 0.717) is 12.1 Å². The molecule has 0 fully saturated rings. The molecule has 1 amide bonds. The van der Waals surface area contributed by atoms with E-state index in [9.17, 15) is 9.59 Å². The summed E-state index contributed by atoms with van der Waals surface area (Å²) in [5.41, 5.74) is 0.658. The molecule has 19 heavy (non-hydrogen) atoms. The molecule has 0 aliphatic heterocycles. The van der Waals surface area contributed by atoms with E-state index in [0.717, 1.165) is 5.75 Å². The second-order valence-corrected chi connectivity index (χ2v) is 7.02. The van der Waals surface area contributed by atoms with Crippen LogP contribution in [0.3, 0.4) is 0 Å². The Bertz CT molecular complexity index is 449. The van der Waals surface area contributed by atoms with E-state index in [-0.39, 0.29) is 16.2 Å². The van der Waals surface area contributed by atoms with Crippen molar-refractivity contribution in [1.82, 2.24) is 5.32 Å². The van der Waals surface area contributed by atoms with E-state index in [2.05, 4.69) is 26.1 Å². The summed E-state index contributed by atoms with van der Waals surface area (Å²) in [4.78, 5) is 22.5. The van der Waals surface area contributed by atoms with E-state index in [4.69, 9.17) is 5.11 Å². The molecule has 1 aromatic rings. The van der Waals surface area contributed by atoms with Gasteiger partial charge >= 0.3 is 5.97 Å². The van der Waals surface area contributed by atoms with Crippen molar-refractivity contribution in [2.24, 2.45) is 0 Å². The molecular weight excluding hydrogens is 262 g/mol. The van der Waals surface area contributed by atoms with E-state index in [1.807, 2.05) is 0 Å². The zero-order valence-corrected chi connectivity index (χ0v) is 12.2. The van der Waals surface area contributed by atoms with Gasteiger partial charge in [0, 0.05) is 22.6 Å². The molecule has 1 aromatic carbocycles. The number of carboxylic acid groups (broad SMARTS) is 1. The number of carbonyl (C=O) groups excluding carboxylic acids is 1. The van der Waals surface area contributed by atoms with Gasteiger partial charge in [-0.3, -0.25) is 4.79 Å². The monoisotopic (exact) mass is 281 g/mol. The number of amides is 1. The highest BCUT2D eigenvalue weighted by Gasteiger charge is 2.11. The van der Waals surface area contributed by atoms with Crippen LogP contribution in [-0.4, -0.2) is 34.0 Å². The molecule has 0 bridgehead atoms. The lowest BCUT2D eigenvalue weighted by molar-refractivity contribution is 0.0696. The molecule has 2 N–H and O–H groups in total. The van der Waals surface area contributed by atoms with Crippen LogP contribution >= 0.6 is 11.8 Å². The maximum atomic E-state index is 11.8. The fourth-order valence-corrected chi connectivity index (χ4v) is 2.20. The van der Waals surface area contributed by atoms with E-state index in [1.165, 1.54) is 24.3 Å². The van der Waals surface area contributed by atoms with Crippen molar-refractivity contribution in [3.05, 3.63) is 35.4 Å². The van der Waals surface area contributed by atoms with Gasteiger partial charge in [0.05, 0.1) is 5.56 Å². The molecule has 0 unspecified atom stereocenters. The molecule has 0 aliphatic carbocycles. The van der Waals surface area contributed by atoms with Crippen LogP contribution in [0, 0.1) is 0 Å². The lowest BCUT2D eigenvalue weighted by Crippen LogP contribution is -2.26. The zero-order valence-electron chi connectivity index (χ0n) is 11.4. The topological polar surface area (TPSA) is 66.4 Å². The van der Waals surface area contributed by atoms with Gasteiger partial charge in [0.25, 0.3) is 5.91 Å². The van der Waals surface area contributed by atoms with Crippen LogP contribution < -0.4 is 5.32 Å². The molecular formula is C14H19NO3S. The highest BCUT2D eigenvalue weighted by atomic mass is 32.2. The zero-order chi connectivity index (χ0) is 14.5. The minimum absolute atomic E-state index is 0.175. The van der Waals surface area contributed by atoms with E-state index < -0.39 is 5.97 Å². The number of rotatable bonds is 5. The van der Waals surface area contributed by atoms with Crippen molar-refractivity contribution in [2.45, 2.75) is 25.5 Å². The van der Waals surface area contributed by atoms with Gasteiger partial charge in [-0.2, -0.15) is 11.8 Å². The highest BCUT2D eigenvalue weighted by molar-refractivity contribution is 8.00. The van der Waals surface area contributed by atoms with Gasteiger partial charge in [-0.05, 0) is 24.3 Å². The molecule has 104 valence electrons. The number of aromatic carboxylic acids is 1. The minimum Gasteiger partial charge on any atom is -0.478 e. The van der Waals surface area contributed by atoms with Crippen LogP contribution in [0.2, 0.25) is 0 Å². The average molecular weight is 281 g/mol. The number of nitrogens with one attached hydrogen (secondary N) is 1. The van der Waals surface area contributed by atoms with Crippen molar-refractivity contribution in [3.63, 3.8) is 0 Å². The van der Waals surface area contributed by atoms with Crippen LogP contribution in [0.15, 0.2) is 24.3 Å². The summed E-state index contributed by atoms with van der Waals surface area (Å²) in [6.45, 7) is 6.99. The Morgan fingerprint density at radius 2 is 1.68 bits per heavy atom. The SMILES string of the molecule is CC(C)(C)SCCNC(=O)c1ccc(C(=O)O)cc1. The lowest BCUT2D eigenvalue weighted by atomic mass is 10.1. The summed E-state index contributed by atoms with van der Waals surface area (Å²) in [7, 11) is 0. The summed E-state index contributed by atoms with van der Waals surface area (Å²) >= 11 is 1.78. The smallest absolute Gasteiger partial charge is 0.335 e. The number of thioether (sulfide) groups is 1. The van der Waals surface area contributed by atoms with Crippen LogP contribution in [0.5, 0.6) is 0 Å².